The molecule has 0 saturated carbocycles. The lowest BCUT2D eigenvalue weighted by molar-refractivity contribution is -0.126. The second kappa shape index (κ2) is 5.23. The molecule has 1 amide bonds. The third kappa shape index (κ3) is 3.23. The van der Waals surface area contributed by atoms with E-state index in [1.807, 2.05) is 0 Å². The minimum atomic E-state index is -0.776. The van der Waals surface area contributed by atoms with Gasteiger partial charge in [0.1, 0.15) is 11.6 Å². The fourth-order valence-electron chi connectivity index (χ4n) is 1.20. The van der Waals surface area contributed by atoms with Gasteiger partial charge in [0.05, 0.1) is 5.54 Å². The number of benzene rings is 1. The summed E-state index contributed by atoms with van der Waals surface area (Å²) in [7, 11) is 1.64. The van der Waals surface area contributed by atoms with E-state index in [1.165, 1.54) is 6.07 Å². The number of nitrogens with one attached hydrogen (secondary N) is 2. The van der Waals surface area contributed by atoms with Gasteiger partial charge < -0.3 is 10.6 Å². The maximum absolute atomic E-state index is 13.3. The summed E-state index contributed by atoms with van der Waals surface area (Å²) in [6.45, 7) is 3.20. The van der Waals surface area contributed by atoms with Gasteiger partial charge >= 0.3 is 0 Å². The number of hydrogen-bond acceptors (Lipinski definition) is 2. The number of carbonyl (C=O) groups excluding carboxylic acids is 1. The number of hydrogen-bond donors (Lipinski definition) is 2. The Balaban J connectivity index is 2.72. The second-order valence-corrected chi connectivity index (χ2v) is 4.26. The maximum Gasteiger partial charge on any atom is 0.239 e. The van der Waals surface area contributed by atoms with Crippen LogP contribution in [0.3, 0.4) is 0 Å². The van der Waals surface area contributed by atoms with Crippen molar-refractivity contribution in [2.75, 3.05) is 7.05 Å². The molecule has 1 aromatic carbocycles. The van der Waals surface area contributed by atoms with Gasteiger partial charge in [-0.05, 0) is 33.0 Å². The number of carbonyl (C=O) groups is 1. The highest BCUT2D eigenvalue weighted by Crippen LogP contribution is 2.12. The third-order valence-corrected chi connectivity index (χ3v) is 2.68. The van der Waals surface area contributed by atoms with E-state index in [2.05, 4.69) is 10.6 Å². The number of amides is 1. The van der Waals surface area contributed by atoms with Crippen LogP contribution >= 0.6 is 0 Å². The number of likely N-dealkylation sites (N-methyl/N-ethyl adjacent to an activating group) is 1. The first-order valence-electron chi connectivity index (χ1n) is 5.28. The van der Waals surface area contributed by atoms with Crippen LogP contribution in [-0.2, 0) is 11.3 Å². The van der Waals surface area contributed by atoms with Crippen LogP contribution in [0.15, 0.2) is 18.2 Å². The van der Waals surface area contributed by atoms with Gasteiger partial charge in [-0.15, -0.1) is 0 Å². The summed E-state index contributed by atoms with van der Waals surface area (Å²) in [5.74, 6) is -1.64. The van der Waals surface area contributed by atoms with Crippen molar-refractivity contribution in [2.45, 2.75) is 25.9 Å². The van der Waals surface area contributed by atoms with E-state index in [0.717, 1.165) is 12.1 Å². The van der Waals surface area contributed by atoms with E-state index < -0.39 is 17.2 Å². The van der Waals surface area contributed by atoms with Gasteiger partial charge in [0.2, 0.25) is 5.91 Å². The summed E-state index contributed by atoms with van der Waals surface area (Å²) in [6, 6.07) is 3.61. The summed E-state index contributed by atoms with van der Waals surface area (Å²) in [4.78, 5) is 11.7. The lowest BCUT2D eigenvalue weighted by atomic mass is 10.0. The Kier molecular flexibility index (Phi) is 4.17. The molecule has 0 aliphatic carbocycles. The molecule has 0 fully saturated rings. The highest BCUT2D eigenvalue weighted by atomic mass is 19.1. The average molecular weight is 242 g/mol. The molecular weight excluding hydrogens is 226 g/mol. The van der Waals surface area contributed by atoms with Crippen molar-refractivity contribution in [1.29, 1.82) is 0 Å². The summed E-state index contributed by atoms with van der Waals surface area (Å²) in [5, 5.41) is 5.30. The van der Waals surface area contributed by atoms with E-state index in [1.54, 1.807) is 20.9 Å². The van der Waals surface area contributed by atoms with Gasteiger partial charge in [-0.3, -0.25) is 4.79 Å². The Morgan fingerprint density at radius 3 is 2.29 bits per heavy atom. The molecular formula is C12H16F2N2O. The first kappa shape index (κ1) is 13.6. The standard InChI is InChI=1S/C12H16F2N2O/c1-12(2,15-3)11(17)16-7-8-9(13)5-4-6-10(8)14/h4-6,15H,7H2,1-3H3,(H,16,17). The van der Waals surface area contributed by atoms with E-state index in [9.17, 15) is 13.6 Å². The molecule has 1 aromatic rings. The van der Waals surface area contributed by atoms with Crippen LogP contribution < -0.4 is 10.6 Å². The van der Waals surface area contributed by atoms with E-state index in [-0.39, 0.29) is 18.0 Å². The zero-order chi connectivity index (χ0) is 13.1. The SMILES string of the molecule is CNC(C)(C)C(=O)NCc1c(F)cccc1F. The van der Waals surface area contributed by atoms with Gasteiger partial charge in [0.25, 0.3) is 0 Å². The van der Waals surface area contributed by atoms with Crippen molar-refractivity contribution in [2.24, 2.45) is 0 Å². The number of rotatable bonds is 4. The smallest absolute Gasteiger partial charge is 0.239 e. The van der Waals surface area contributed by atoms with E-state index in [0.29, 0.717) is 0 Å². The van der Waals surface area contributed by atoms with Gasteiger partial charge in [-0.1, -0.05) is 6.07 Å². The minimum Gasteiger partial charge on any atom is -0.350 e. The molecule has 0 bridgehead atoms. The van der Waals surface area contributed by atoms with Crippen LogP contribution in [-0.4, -0.2) is 18.5 Å². The molecule has 0 aliphatic rings. The van der Waals surface area contributed by atoms with Crippen molar-refractivity contribution < 1.29 is 13.6 Å². The minimum absolute atomic E-state index is 0.132. The van der Waals surface area contributed by atoms with E-state index in [4.69, 9.17) is 0 Å². The first-order valence-corrected chi connectivity index (χ1v) is 5.28. The molecule has 5 heteroatoms. The average Bonchev–Trinajstić information content (AvgIpc) is 2.28. The lowest BCUT2D eigenvalue weighted by Crippen LogP contribution is -2.50. The summed E-state index contributed by atoms with van der Waals surface area (Å²) in [6.07, 6.45) is 0. The molecule has 0 saturated heterocycles. The third-order valence-electron chi connectivity index (χ3n) is 2.68. The lowest BCUT2D eigenvalue weighted by Gasteiger charge is -2.22. The van der Waals surface area contributed by atoms with E-state index >= 15 is 0 Å². The molecule has 3 nitrogen and oxygen atoms in total. The summed E-state index contributed by atoms with van der Waals surface area (Å²) in [5.41, 5.74) is -0.908. The zero-order valence-corrected chi connectivity index (χ0v) is 10.1. The maximum atomic E-state index is 13.3. The van der Waals surface area contributed by atoms with Crippen LogP contribution in [0.2, 0.25) is 0 Å². The topological polar surface area (TPSA) is 41.1 Å². The van der Waals surface area contributed by atoms with Gasteiger partial charge in [0, 0.05) is 12.1 Å². The van der Waals surface area contributed by atoms with Crippen LogP contribution in [0, 0.1) is 11.6 Å². The molecule has 0 aromatic heterocycles. The number of halogens is 2. The quantitative estimate of drug-likeness (QED) is 0.841. The summed E-state index contributed by atoms with van der Waals surface area (Å²) >= 11 is 0. The fraction of sp³-hybridized carbons (Fsp3) is 0.417. The molecule has 0 spiro atoms. The normalized spacial score (nSPS) is 11.4. The molecule has 2 N–H and O–H groups in total. The second-order valence-electron chi connectivity index (χ2n) is 4.26. The first-order chi connectivity index (χ1) is 7.88. The molecule has 0 unspecified atom stereocenters. The van der Waals surface area contributed by atoms with Crippen LogP contribution in [0.4, 0.5) is 8.78 Å². The molecule has 0 radical (unpaired) electrons. The highest BCUT2D eigenvalue weighted by molar-refractivity contribution is 5.85. The van der Waals surface area contributed by atoms with Crippen LogP contribution in [0.5, 0.6) is 0 Å². The predicted octanol–water partition coefficient (Wildman–Crippen LogP) is 1.58. The van der Waals surface area contributed by atoms with Crippen molar-refractivity contribution in [3.63, 3.8) is 0 Å². The van der Waals surface area contributed by atoms with Gasteiger partial charge in [-0.2, -0.15) is 0 Å². The molecule has 17 heavy (non-hydrogen) atoms. The Labute approximate surface area is 99.2 Å². The molecule has 0 atom stereocenters. The van der Waals surface area contributed by atoms with Crippen LogP contribution in [0.25, 0.3) is 0 Å². The predicted molar refractivity (Wildman–Crippen MR) is 61.3 cm³/mol. The zero-order valence-electron chi connectivity index (χ0n) is 10.1. The Bertz CT molecular complexity index is 399. The van der Waals surface area contributed by atoms with Gasteiger partial charge in [-0.25, -0.2) is 8.78 Å². The monoisotopic (exact) mass is 242 g/mol. The molecule has 0 heterocycles. The van der Waals surface area contributed by atoms with Crippen molar-refractivity contribution in [3.8, 4) is 0 Å². The Hall–Kier alpha value is -1.49. The van der Waals surface area contributed by atoms with Gasteiger partial charge in [0.15, 0.2) is 0 Å². The van der Waals surface area contributed by atoms with Crippen molar-refractivity contribution in [3.05, 3.63) is 35.4 Å². The highest BCUT2D eigenvalue weighted by Gasteiger charge is 2.25. The Morgan fingerprint density at radius 1 is 1.29 bits per heavy atom. The van der Waals surface area contributed by atoms with Crippen LogP contribution in [0.1, 0.15) is 19.4 Å². The Morgan fingerprint density at radius 2 is 1.82 bits per heavy atom. The fourth-order valence-corrected chi connectivity index (χ4v) is 1.20. The largest absolute Gasteiger partial charge is 0.350 e. The molecule has 94 valence electrons. The molecule has 0 aliphatic heterocycles. The van der Waals surface area contributed by atoms with Crippen molar-refractivity contribution in [1.82, 2.24) is 10.6 Å². The molecule has 1 rings (SSSR count). The summed E-state index contributed by atoms with van der Waals surface area (Å²) < 4.78 is 26.5. The van der Waals surface area contributed by atoms with Crippen molar-refractivity contribution >= 4 is 5.91 Å².